The smallest absolute Gasteiger partial charge is 0.158 e. The van der Waals surface area contributed by atoms with Gasteiger partial charge >= 0.3 is 0 Å². The summed E-state index contributed by atoms with van der Waals surface area (Å²) in [6.07, 6.45) is 3.62. The lowest BCUT2D eigenvalue weighted by Gasteiger charge is -2.13. The van der Waals surface area contributed by atoms with E-state index in [1.807, 2.05) is 37.8 Å². The Morgan fingerprint density at radius 1 is 1.29 bits per heavy atom. The van der Waals surface area contributed by atoms with Crippen LogP contribution in [0.1, 0.15) is 12.5 Å². The Labute approximate surface area is 122 Å². The van der Waals surface area contributed by atoms with E-state index in [2.05, 4.69) is 15.4 Å². The topological polar surface area (TPSA) is 42.7 Å². The molecule has 0 aliphatic rings. The average molecular weight is 284 g/mol. The molecule has 0 spiro atoms. The average Bonchev–Trinajstić information content (AvgIpc) is 2.89. The zero-order chi connectivity index (χ0) is 15.0. The van der Waals surface area contributed by atoms with Crippen molar-refractivity contribution in [3.05, 3.63) is 42.0 Å². The fraction of sp³-hybridized carbons (Fsp3) is 0.250. The molecule has 4 nitrogen and oxygen atoms in total. The largest absolute Gasteiger partial charge is 0.386 e. The number of aromatic nitrogens is 3. The molecular formula is C16H17FN4. The van der Waals surface area contributed by atoms with Gasteiger partial charge in [-0.2, -0.15) is 5.10 Å². The first-order valence-electron chi connectivity index (χ1n) is 6.94. The van der Waals surface area contributed by atoms with Gasteiger partial charge in [0.25, 0.3) is 0 Å². The molecule has 1 aromatic carbocycles. The van der Waals surface area contributed by atoms with E-state index in [4.69, 9.17) is 0 Å². The van der Waals surface area contributed by atoms with Gasteiger partial charge in [-0.3, -0.25) is 0 Å². The molecule has 0 fully saturated rings. The van der Waals surface area contributed by atoms with Gasteiger partial charge in [0.05, 0.1) is 18.1 Å². The standard InChI is InChI=1S/C16H17FN4/c1-4-21-16-13(8-20-21)15(14(18-3)9-19-16)12-6-5-11(17)7-10(12)2/h5-9,18H,4H2,1-3H3. The zero-order valence-electron chi connectivity index (χ0n) is 12.3. The SMILES string of the molecule is CCn1ncc2c(-c3ccc(F)cc3C)c(NC)cnc21. The third kappa shape index (κ3) is 2.14. The highest BCUT2D eigenvalue weighted by Crippen LogP contribution is 2.36. The van der Waals surface area contributed by atoms with E-state index in [1.54, 1.807) is 12.3 Å². The van der Waals surface area contributed by atoms with Crippen LogP contribution in [0, 0.1) is 12.7 Å². The van der Waals surface area contributed by atoms with Crippen molar-refractivity contribution in [1.82, 2.24) is 14.8 Å². The number of hydrogen-bond donors (Lipinski definition) is 1. The third-order valence-electron chi connectivity index (χ3n) is 3.69. The number of halogens is 1. The van der Waals surface area contributed by atoms with Crippen molar-refractivity contribution < 1.29 is 4.39 Å². The van der Waals surface area contributed by atoms with Crippen LogP contribution in [0.25, 0.3) is 22.2 Å². The minimum atomic E-state index is -0.225. The van der Waals surface area contributed by atoms with Crippen molar-refractivity contribution in [2.45, 2.75) is 20.4 Å². The first-order valence-corrected chi connectivity index (χ1v) is 6.94. The molecule has 5 heteroatoms. The summed E-state index contributed by atoms with van der Waals surface area (Å²) in [5, 5.41) is 8.51. The van der Waals surface area contributed by atoms with Crippen LogP contribution in [0.2, 0.25) is 0 Å². The number of anilines is 1. The molecule has 0 saturated carbocycles. The van der Waals surface area contributed by atoms with Crippen LogP contribution in [-0.2, 0) is 6.54 Å². The van der Waals surface area contributed by atoms with Crippen LogP contribution in [0.15, 0.2) is 30.6 Å². The Bertz CT molecular complexity index is 807. The number of nitrogens with zero attached hydrogens (tertiary/aromatic N) is 3. The summed E-state index contributed by atoms with van der Waals surface area (Å²) in [5.74, 6) is -0.225. The van der Waals surface area contributed by atoms with Gasteiger partial charge in [-0.25, -0.2) is 14.1 Å². The van der Waals surface area contributed by atoms with Crippen LogP contribution in [0.3, 0.4) is 0 Å². The predicted molar refractivity (Wildman–Crippen MR) is 82.9 cm³/mol. The quantitative estimate of drug-likeness (QED) is 0.799. The van der Waals surface area contributed by atoms with E-state index in [1.165, 1.54) is 6.07 Å². The van der Waals surface area contributed by atoms with Gasteiger partial charge in [-0.1, -0.05) is 6.07 Å². The normalized spacial score (nSPS) is 11.0. The summed E-state index contributed by atoms with van der Waals surface area (Å²) in [6, 6.07) is 4.84. The predicted octanol–water partition coefficient (Wildman–Crippen LogP) is 3.61. The Morgan fingerprint density at radius 2 is 2.10 bits per heavy atom. The zero-order valence-corrected chi connectivity index (χ0v) is 12.3. The first-order chi connectivity index (χ1) is 10.2. The van der Waals surface area contributed by atoms with Crippen LogP contribution >= 0.6 is 0 Å². The second-order valence-electron chi connectivity index (χ2n) is 4.95. The monoisotopic (exact) mass is 284 g/mol. The van der Waals surface area contributed by atoms with E-state index in [0.717, 1.165) is 40.0 Å². The van der Waals surface area contributed by atoms with Gasteiger partial charge in [-0.15, -0.1) is 0 Å². The van der Waals surface area contributed by atoms with Gasteiger partial charge < -0.3 is 5.32 Å². The van der Waals surface area contributed by atoms with Crippen molar-refractivity contribution in [3.63, 3.8) is 0 Å². The maximum absolute atomic E-state index is 13.4. The molecule has 0 saturated heterocycles. The molecule has 0 bridgehead atoms. The number of aryl methyl sites for hydroxylation is 2. The minimum absolute atomic E-state index is 0.225. The molecule has 108 valence electrons. The molecule has 0 atom stereocenters. The molecule has 0 radical (unpaired) electrons. The van der Waals surface area contributed by atoms with Crippen molar-refractivity contribution in [3.8, 4) is 11.1 Å². The van der Waals surface area contributed by atoms with E-state index in [0.29, 0.717) is 0 Å². The van der Waals surface area contributed by atoms with Crippen LogP contribution < -0.4 is 5.32 Å². The summed E-state index contributed by atoms with van der Waals surface area (Å²) in [6.45, 7) is 4.70. The van der Waals surface area contributed by atoms with Gasteiger partial charge in [0, 0.05) is 24.5 Å². The first kappa shape index (κ1) is 13.5. The maximum Gasteiger partial charge on any atom is 0.158 e. The number of fused-ring (bicyclic) bond motifs is 1. The number of nitrogens with one attached hydrogen (secondary N) is 1. The number of pyridine rings is 1. The van der Waals surface area contributed by atoms with Crippen molar-refractivity contribution in [2.24, 2.45) is 0 Å². The van der Waals surface area contributed by atoms with Crippen LogP contribution in [-0.4, -0.2) is 21.8 Å². The van der Waals surface area contributed by atoms with Crippen LogP contribution in [0.5, 0.6) is 0 Å². The molecule has 0 unspecified atom stereocenters. The van der Waals surface area contributed by atoms with Gasteiger partial charge in [0.15, 0.2) is 5.65 Å². The highest BCUT2D eigenvalue weighted by Gasteiger charge is 2.15. The van der Waals surface area contributed by atoms with Gasteiger partial charge in [-0.05, 0) is 37.1 Å². The Kier molecular flexibility index (Phi) is 3.33. The Hall–Kier alpha value is -2.43. The minimum Gasteiger partial charge on any atom is -0.386 e. The summed E-state index contributed by atoms with van der Waals surface area (Å²) in [4.78, 5) is 4.48. The fourth-order valence-electron chi connectivity index (χ4n) is 2.65. The van der Waals surface area contributed by atoms with E-state index in [9.17, 15) is 4.39 Å². The number of rotatable bonds is 3. The van der Waals surface area contributed by atoms with Gasteiger partial charge in [0.2, 0.25) is 0 Å². The summed E-state index contributed by atoms with van der Waals surface area (Å²) in [7, 11) is 1.86. The second kappa shape index (κ2) is 5.16. The molecule has 1 N–H and O–H groups in total. The van der Waals surface area contributed by atoms with Crippen molar-refractivity contribution >= 4 is 16.7 Å². The van der Waals surface area contributed by atoms with E-state index >= 15 is 0 Å². The fourth-order valence-corrected chi connectivity index (χ4v) is 2.65. The second-order valence-corrected chi connectivity index (χ2v) is 4.95. The molecule has 2 aromatic heterocycles. The third-order valence-corrected chi connectivity index (χ3v) is 3.69. The molecule has 0 aliphatic heterocycles. The molecule has 21 heavy (non-hydrogen) atoms. The van der Waals surface area contributed by atoms with E-state index < -0.39 is 0 Å². The molecule has 3 rings (SSSR count). The summed E-state index contributed by atoms with van der Waals surface area (Å²) < 4.78 is 15.2. The lowest BCUT2D eigenvalue weighted by Crippen LogP contribution is -2.00. The Balaban J connectivity index is 2.36. The highest BCUT2D eigenvalue weighted by atomic mass is 19.1. The number of hydrogen-bond acceptors (Lipinski definition) is 3. The molecule has 3 aromatic rings. The molecule has 0 aliphatic carbocycles. The molecule has 0 amide bonds. The lowest BCUT2D eigenvalue weighted by molar-refractivity contribution is 0.627. The molecular weight excluding hydrogens is 267 g/mol. The summed E-state index contributed by atoms with van der Waals surface area (Å²) in [5.41, 5.74) is 4.65. The van der Waals surface area contributed by atoms with Crippen LogP contribution in [0.4, 0.5) is 10.1 Å². The van der Waals surface area contributed by atoms with Crippen molar-refractivity contribution in [1.29, 1.82) is 0 Å². The summed E-state index contributed by atoms with van der Waals surface area (Å²) >= 11 is 0. The Morgan fingerprint density at radius 3 is 2.76 bits per heavy atom. The van der Waals surface area contributed by atoms with Gasteiger partial charge in [0.1, 0.15) is 5.82 Å². The van der Waals surface area contributed by atoms with Crippen molar-refractivity contribution in [2.75, 3.05) is 12.4 Å². The number of benzene rings is 1. The molecule has 2 heterocycles. The lowest BCUT2D eigenvalue weighted by atomic mass is 9.97. The highest BCUT2D eigenvalue weighted by molar-refractivity contribution is 6.00. The van der Waals surface area contributed by atoms with E-state index in [-0.39, 0.29) is 5.82 Å². The maximum atomic E-state index is 13.4.